The Hall–Kier alpha value is -1.31. The van der Waals surface area contributed by atoms with Gasteiger partial charge in [-0.1, -0.05) is 6.07 Å². The number of aromatic nitrogens is 4. The fourth-order valence-corrected chi connectivity index (χ4v) is 3.35. The Bertz CT molecular complexity index is 705. The molecule has 0 bridgehead atoms. The minimum Gasteiger partial charge on any atom is -0.293 e. The molecule has 0 amide bonds. The Morgan fingerprint density at radius 3 is 3.00 bits per heavy atom. The van der Waals surface area contributed by atoms with Crippen molar-refractivity contribution in [2.45, 2.75) is 13.5 Å². The first-order chi connectivity index (χ1) is 8.74. The lowest BCUT2D eigenvalue weighted by Crippen LogP contribution is -2.01. The Morgan fingerprint density at radius 2 is 2.33 bits per heavy atom. The van der Waals surface area contributed by atoms with Crippen LogP contribution in [0.1, 0.15) is 10.7 Å². The van der Waals surface area contributed by atoms with Gasteiger partial charge in [-0.3, -0.25) is 9.67 Å². The molecule has 0 aliphatic rings. The molecule has 3 aromatic rings. The Labute approximate surface area is 117 Å². The van der Waals surface area contributed by atoms with Crippen molar-refractivity contribution >= 4 is 34.9 Å². The summed E-state index contributed by atoms with van der Waals surface area (Å²) in [5.74, 6) is 0.878. The maximum absolute atomic E-state index is 5.28. The van der Waals surface area contributed by atoms with Gasteiger partial charge < -0.3 is 0 Å². The quantitative estimate of drug-likeness (QED) is 0.752. The number of H-pyrrole nitrogens is 1. The molecule has 0 unspecified atom stereocenters. The van der Waals surface area contributed by atoms with E-state index in [9.17, 15) is 0 Å². The van der Waals surface area contributed by atoms with Crippen LogP contribution in [0, 0.1) is 11.7 Å². The molecular weight excluding hydrogens is 284 g/mol. The topological polar surface area (TPSA) is 46.5 Å². The summed E-state index contributed by atoms with van der Waals surface area (Å²) in [6, 6.07) is 4.05. The number of hydrogen-bond acceptors (Lipinski definition) is 5. The zero-order chi connectivity index (χ0) is 12.5. The molecule has 0 aromatic carbocycles. The van der Waals surface area contributed by atoms with Crippen molar-refractivity contribution in [1.29, 1.82) is 0 Å². The highest BCUT2D eigenvalue weighted by molar-refractivity contribution is 7.71. The lowest BCUT2D eigenvalue weighted by molar-refractivity contribution is 0.783. The fraction of sp³-hybridized carbons (Fsp3) is 0.182. The first kappa shape index (κ1) is 11.8. The van der Waals surface area contributed by atoms with E-state index >= 15 is 0 Å². The molecule has 0 spiro atoms. The van der Waals surface area contributed by atoms with Gasteiger partial charge in [0.15, 0.2) is 10.6 Å². The van der Waals surface area contributed by atoms with E-state index in [1.165, 1.54) is 0 Å². The SMILES string of the molecule is Cc1csc(Cn2c(-c3cccs3)n[nH]c2=S)n1. The van der Waals surface area contributed by atoms with Crippen LogP contribution in [-0.4, -0.2) is 19.7 Å². The maximum atomic E-state index is 5.28. The van der Waals surface area contributed by atoms with Gasteiger partial charge >= 0.3 is 0 Å². The summed E-state index contributed by atoms with van der Waals surface area (Å²) in [5.41, 5.74) is 1.04. The van der Waals surface area contributed by atoms with Crippen LogP contribution >= 0.6 is 34.9 Å². The summed E-state index contributed by atoms with van der Waals surface area (Å²) in [7, 11) is 0. The first-order valence-electron chi connectivity index (χ1n) is 5.34. The van der Waals surface area contributed by atoms with Gasteiger partial charge in [0.2, 0.25) is 0 Å². The molecule has 92 valence electrons. The first-order valence-corrected chi connectivity index (χ1v) is 7.51. The minimum absolute atomic E-state index is 0.631. The molecule has 0 atom stereocenters. The minimum atomic E-state index is 0.631. The van der Waals surface area contributed by atoms with Gasteiger partial charge in [-0.15, -0.1) is 22.7 Å². The molecule has 0 aliphatic heterocycles. The predicted octanol–water partition coefficient (Wildman–Crippen LogP) is 3.48. The summed E-state index contributed by atoms with van der Waals surface area (Å²) in [4.78, 5) is 5.57. The third-order valence-electron chi connectivity index (χ3n) is 2.46. The van der Waals surface area contributed by atoms with E-state index in [2.05, 4.69) is 15.2 Å². The molecule has 7 heteroatoms. The third kappa shape index (κ3) is 2.16. The number of nitrogens with one attached hydrogen (secondary N) is 1. The molecule has 3 aromatic heterocycles. The van der Waals surface area contributed by atoms with Gasteiger partial charge in [-0.25, -0.2) is 4.98 Å². The summed E-state index contributed by atoms with van der Waals surface area (Å²) in [5, 5.41) is 12.3. The number of thiazole rings is 1. The second kappa shape index (κ2) is 4.75. The van der Waals surface area contributed by atoms with Crippen molar-refractivity contribution in [2.24, 2.45) is 0 Å². The number of aryl methyl sites for hydroxylation is 1. The molecule has 0 radical (unpaired) electrons. The van der Waals surface area contributed by atoms with E-state index in [4.69, 9.17) is 12.2 Å². The van der Waals surface area contributed by atoms with Gasteiger partial charge in [-0.05, 0) is 30.6 Å². The summed E-state index contributed by atoms with van der Waals surface area (Å²) in [6.07, 6.45) is 0. The average molecular weight is 294 g/mol. The molecule has 3 rings (SSSR count). The van der Waals surface area contributed by atoms with Gasteiger partial charge in [0.05, 0.1) is 11.4 Å². The Balaban J connectivity index is 2.01. The number of thiophene rings is 1. The van der Waals surface area contributed by atoms with Crippen LogP contribution in [0.3, 0.4) is 0 Å². The van der Waals surface area contributed by atoms with Crippen LogP contribution in [0.15, 0.2) is 22.9 Å². The zero-order valence-corrected chi connectivity index (χ0v) is 12.0. The fourth-order valence-electron chi connectivity index (χ4n) is 1.67. The summed E-state index contributed by atoms with van der Waals surface area (Å²) >= 11 is 8.58. The van der Waals surface area contributed by atoms with Crippen LogP contribution in [0.25, 0.3) is 10.7 Å². The van der Waals surface area contributed by atoms with Crippen molar-refractivity contribution in [3.63, 3.8) is 0 Å². The van der Waals surface area contributed by atoms with E-state index in [-0.39, 0.29) is 0 Å². The lowest BCUT2D eigenvalue weighted by Gasteiger charge is -2.02. The number of nitrogens with zero attached hydrogens (tertiary/aromatic N) is 3. The van der Waals surface area contributed by atoms with Crippen LogP contribution in [0.2, 0.25) is 0 Å². The molecule has 0 saturated heterocycles. The standard InChI is InChI=1S/C11H10N4S3/c1-7-6-18-9(12-7)5-15-10(13-14-11(15)16)8-3-2-4-17-8/h2-4,6H,5H2,1H3,(H,14,16). The molecule has 0 saturated carbocycles. The van der Waals surface area contributed by atoms with E-state index in [1.807, 2.05) is 34.4 Å². The molecule has 0 aliphatic carbocycles. The molecule has 4 nitrogen and oxygen atoms in total. The van der Waals surface area contributed by atoms with Crippen LogP contribution in [0.5, 0.6) is 0 Å². The van der Waals surface area contributed by atoms with E-state index in [0.29, 0.717) is 11.3 Å². The molecular formula is C11H10N4S3. The molecule has 18 heavy (non-hydrogen) atoms. The Morgan fingerprint density at radius 1 is 1.44 bits per heavy atom. The second-order valence-corrected chi connectivity index (χ2v) is 6.08. The summed E-state index contributed by atoms with van der Waals surface area (Å²) in [6.45, 7) is 2.66. The number of hydrogen-bond donors (Lipinski definition) is 1. The highest BCUT2D eigenvalue weighted by Gasteiger charge is 2.11. The largest absolute Gasteiger partial charge is 0.293 e. The van der Waals surface area contributed by atoms with Crippen molar-refractivity contribution in [3.05, 3.63) is 38.4 Å². The monoisotopic (exact) mass is 294 g/mol. The normalized spacial score (nSPS) is 10.9. The van der Waals surface area contributed by atoms with Crippen molar-refractivity contribution in [1.82, 2.24) is 19.7 Å². The number of aromatic amines is 1. The molecule has 0 fully saturated rings. The predicted molar refractivity (Wildman–Crippen MR) is 76.7 cm³/mol. The van der Waals surface area contributed by atoms with Gasteiger partial charge in [-0.2, -0.15) is 5.10 Å². The maximum Gasteiger partial charge on any atom is 0.195 e. The average Bonchev–Trinajstić information content (AvgIpc) is 3.03. The zero-order valence-electron chi connectivity index (χ0n) is 9.58. The van der Waals surface area contributed by atoms with Gasteiger partial charge in [0.25, 0.3) is 0 Å². The third-order valence-corrected chi connectivity index (χ3v) is 4.59. The Kier molecular flexibility index (Phi) is 3.11. The highest BCUT2D eigenvalue weighted by atomic mass is 32.1. The molecule has 3 heterocycles. The van der Waals surface area contributed by atoms with Gasteiger partial charge in [0.1, 0.15) is 5.01 Å². The second-order valence-electron chi connectivity index (χ2n) is 3.80. The van der Waals surface area contributed by atoms with Crippen molar-refractivity contribution in [2.75, 3.05) is 0 Å². The van der Waals surface area contributed by atoms with Crippen LogP contribution in [0.4, 0.5) is 0 Å². The van der Waals surface area contributed by atoms with Crippen molar-refractivity contribution in [3.8, 4) is 10.7 Å². The van der Waals surface area contributed by atoms with E-state index in [1.54, 1.807) is 22.7 Å². The smallest absolute Gasteiger partial charge is 0.195 e. The summed E-state index contributed by atoms with van der Waals surface area (Å²) < 4.78 is 2.62. The van der Waals surface area contributed by atoms with Crippen LogP contribution in [-0.2, 0) is 6.54 Å². The highest BCUT2D eigenvalue weighted by Crippen LogP contribution is 2.23. The van der Waals surface area contributed by atoms with Crippen molar-refractivity contribution < 1.29 is 0 Å². The molecule has 1 N–H and O–H groups in total. The number of rotatable bonds is 3. The van der Waals surface area contributed by atoms with E-state index in [0.717, 1.165) is 21.4 Å². The van der Waals surface area contributed by atoms with Crippen LogP contribution < -0.4 is 0 Å². The van der Waals surface area contributed by atoms with Gasteiger partial charge in [0, 0.05) is 11.1 Å². The lowest BCUT2D eigenvalue weighted by atomic mass is 10.4. The van der Waals surface area contributed by atoms with E-state index < -0.39 is 0 Å².